The summed E-state index contributed by atoms with van der Waals surface area (Å²) in [6.07, 6.45) is 4.52. The van der Waals surface area contributed by atoms with E-state index in [-0.39, 0.29) is 30.3 Å². The summed E-state index contributed by atoms with van der Waals surface area (Å²) in [7, 11) is -2.32. The van der Waals surface area contributed by atoms with Gasteiger partial charge in [-0.1, -0.05) is 44.7 Å². The molecular weight excluding hydrogens is 476 g/mol. The summed E-state index contributed by atoms with van der Waals surface area (Å²) in [6, 6.07) is 9.07. The van der Waals surface area contributed by atoms with Gasteiger partial charge in [0.15, 0.2) is 5.76 Å². The van der Waals surface area contributed by atoms with Crippen LogP contribution in [0.25, 0.3) is 11.3 Å². The van der Waals surface area contributed by atoms with Crippen molar-refractivity contribution in [2.45, 2.75) is 43.9 Å². The van der Waals surface area contributed by atoms with Crippen LogP contribution in [0.2, 0.25) is 0 Å². The predicted molar refractivity (Wildman–Crippen MR) is 128 cm³/mol. The van der Waals surface area contributed by atoms with Crippen molar-refractivity contribution >= 4 is 28.2 Å². The van der Waals surface area contributed by atoms with Gasteiger partial charge in [0, 0.05) is 5.56 Å². The van der Waals surface area contributed by atoms with Gasteiger partial charge in [-0.15, -0.1) is 0 Å². The summed E-state index contributed by atoms with van der Waals surface area (Å²) in [6.45, 7) is 1.75. The maximum atomic E-state index is 12.5. The molecule has 0 radical (unpaired) electrons. The van der Waals surface area contributed by atoms with Crippen LogP contribution < -0.4 is 15.4 Å². The summed E-state index contributed by atoms with van der Waals surface area (Å²) in [5.74, 6) is -1.31. The topological polar surface area (TPSA) is 158 Å². The highest BCUT2D eigenvalue weighted by molar-refractivity contribution is 7.89. The molecule has 1 aromatic carbocycles. The van der Waals surface area contributed by atoms with Crippen molar-refractivity contribution in [3.05, 3.63) is 42.2 Å². The number of carbonyl (C=O) groups is 3. The Labute approximate surface area is 204 Å². The fourth-order valence-corrected chi connectivity index (χ4v) is 4.16. The first-order chi connectivity index (χ1) is 16.7. The van der Waals surface area contributed by atoms with Gasteiger partial charge in [-0.25, -0.2) is 18.2 Å². The Balaban J connectivity index is 1.95. The summed E-state index contributed by atoms with van der Waals surface area (Å²) in [5, 5.41) is 15.0. The minimum atomic E-state index is -3.63. The molecule has 0 saturated carbocycles. The van der Waals surface area contributed by atoms with Crippen molar-refractivity contribution in [3.63, 3.8) is 0 Å². The maximum absolute atomic E-state index is 12.5. The third kappa shape index (κ3) is 8.50. The second-order valence-electron chi connectivity index (χ2n) is 7.90. The number of sulfonamides is 1. The second kappa shape index (κ2) is 13.6. The maximum Gasteiger partial charge on any atom is 0.288 e. The van der Waals surface area contributed by atoms with Crippen molar-refractivity contribution in [1.29, 1.82) is 0 Å². The van der Waals surface area contributed by atoms with E-state index in [0.717, 1.165) is 25.7 Å². The SMILES string of the molecule is CCCCCC[C@H](CN(O)C=O)C(=O)NCNC(=O)c1ccc(-c2cccc(S(=O)(=O)NC)c2)o1. The lowest BCUT2D eigenvalue weighted by Crippen LogP contribution is -2.42. The zero-order chi connectivity index (χ0) is 25.8. The van der Waals surface area contributed by atoms with Crippen LogP contribution in [0.4, 0.5) is 0 Å². The molecule has 0 spiro atoms. The molecule has 0 unspecified atom stereocenters. The van der Waals surface area contributed by atoms with Crippen LogP contribution in [0.5, 0.6) is 0 Å². The number of furan rings is 1. The zero-order valence-corrected chi connectivity index (χ0v) is 20.6. The number of benzene rings is 1. The van der Waals surface area contributed by atoms with E-state index in [4.69, 9.17) is 4.42 Å². The Kier molecular flexibility index (Phi) is 10.9. The third-order valence-corrected chi connectivity index (χ3v) is 6.76. The minimum absolute atomic E-state index is 0.0188. The van der Waals surface area contributed by atoms with Gasteiger partial charge in [-0.2, -0.15) is 0 Å². The van der Waals surface area contributed by atoms with Crippen LogP contribution >= 0.6 is 0 Å². The first-order valence-electron chi connectivity index (χ1n) is 11.3. The van der Waals surface area contributed by atoms with Gasteiger partial charge in [-0.05, 0) is 37.7 Å². The Morgan fingerprint density at radius 2 is 1.91 bits per heavy atom. The molecule has 0 fully saturated rings. The van der Waals surface area contributed by atoms with E-state index in [1.807, 2.05) is 0 Å². The lowest BCUT2D eigenvalue weighted by atomic mass is 9.99. The molecule has 3 amide bonds. The molecule has 192 valence electrons. The number of nitrogens with one attached hydrogen (secondary N) is 3. The molecule has 2 rings (SSSR count). The summed E-state index contributed by atoms with van der Waals surface area (Å²) in [5.41, 5.74) is 0.475. The number of carbonyl (C=O) groups excluding carboxylic acids is 3. The average molecular weight is 509 g/mol. The summed E-state index contributed by atoms with van der Waals surface area (Å²) >= 11 is 0. The quantitative estimate of drug-likeness (QED) is 0.0943. The van der Waals surface area contributed by atoms with Crippen LogP contribution in [0.1, 0.15) is 49.6 Å². The number of hydroxylamine groups is 2. The van der Waals surface area contributed by atoms with Gasteiger partial charge in [0.1, 0.15) is 5.76 Å². The van der Waals surface area contributed by atoms with E-state index in [1.54, 1.807) is 18.2 Å². The Morgan fingerprint density at radius 1 is 1.14 bits per heavy atom. The van der Waals surface area contributed by atoms with Crippen LogP contribution in [0.3, 0.4) is 0 Å². The van der Waals surface area contributed by atoms with Crippen molar-refractivity contribution in [2.24, 2.45) is 5.92 Å². The number of unbranched alkanes of at least 4 members (excludes halogenated alkanes) is 3. The van der Waals surface area contributed by atoms with Gasteiger partial charge >= 0.3 is 0 Å². The average Bonchev–Trinajstić information content (AvgIpc) is 3.36. The minimum Gasteiger partial charge on any atom is -0.451 e. The molecule has 12 heteroatoms. The number of rotatable bonds is 15. The largest absolute Gasteiger partial charge is 0.451 e. The lowest BCUT2D eigenvalue weighted by Gasteiger charge is -2.19. The van der Waals surface area contributed by atoms with Crippen molar-refractivity contribution in [1.82, 2.24) is 20.4 Å². The molecule has 1 heterocycles. The molecule has 1 aromatic heterocycles. The van der Waals surface area contributed by atoms with Crippen molar-refractivity contribution in [2.75, 3.05) is 20.3 Å². The number of nitrogens with zero attached hydrogens (tertiary/aromatic N) is 1. The van der Waals surface area contributed by atoms with Gasteiger partial charge in [0.05, 0.1) is 24.0 Å². The van der Waals surface area contributed by atoms with E-state index in [2.05, 4.69) is 22.3 Å². The molecule has 0 saturated heterocycles. The van der Waals surface area contributed by atoms with E-state index in [1.165, 1.54) is 25.2 Å². The normalized spacial score (nSPS) is 12.1. The van der Waals surface area contributed by atoms with Crippen LogP contribution in [0.15, 0.2) is 45.7 Å². The molecule has 4 N–H and O–H groups in total. The predicted octanol–water partition coefficient (Wildman–Crippen LogP) is 2.09. The molecule has 11 nitrogen and oxygen atoms in total. The van der Waals surface area contributed by atoms with E-state index < -0.39 is 27.8 Å². The van der Waals surface area contributed by atoms with Crippen LogP contribution in [0, 0.1) is 5.92 Å². The van der Waals surface area contributed by atoms with Crippen LogP contribution in [-0.2, 0) is 19.6 Å². The fourth-order valence-electron chi connectivity index (χ4n) is 3.38. The fraction of sp³-hybridized carbons (Fsp3) is 0.435. The smallest absolute Gasteiger partial charge is 0.288 e. The van der Waals surface area contributed by atoms with Crippen molar-refractivity contribution in [3.8, 4) is 11.3 Å². The highest BCUT2D eigenvalue weighted by Crippen LogP contribution is 2.24. The standard InChI is InChI=1S/C23H32N4O7S/c1-3-4-5-6-8-18(14-27(31)16-28)22(29)25-15-26-23(30)21-12-11-20(34-21)17-9-7-10-19(13-17)35(32,33)24-2/h7,9-13,16,18,24,31H,3-6,8,14-15H2,1-2H3,(H,25,29)(H,26,30)/t18-/m1/s1. The van der Waals surface area contributed by atoms with Gasteiger partial charge in [0.2, 0.25) is 22.3 Å². The molecule has 0 aliphatic rings. The molecular formula is C23H32N4O7S. The summed E-state index contributed by atoms with van der Waals surface area (Å²) in [4.78, 5) is 35.7. The number of hydrogen-bond acceptors (Lipinski definition) is 7. The van der Waals surface area contributed by atoms with Gasteiger partial charge < -0.3 is 15.1 Å². The number of amides is 3. The molecule has 35 heavy (non-hydrogen) atoms. The van der Waals surface area contributed by atoms with Gasteiger partial charge in [0.25, 0.3) is 5.91 Å². The Morgan fingerprint density at radius 3 is 2.60 bits per heavy atom. The second-order valence-corrected chi connectivity index (χ2v) is 9.78. The van der Waals surface area contributed by atoms with Crippen LogP contribution in [-0.4, -0.2) is 57.2 Å². The monoisotopic (exact) mass is 508 g/mol. The highest BCUT2D eigenvalue weighted by atomic mass is 32.2. The first kappa shape index (κ1) is 28.0. The van der Waals surface area contributed by atoms with E-state index in [9.17, 15) is 28.0 Å². The summed E-state index contributed by atoms with van der Waals surface area (Å²) < 4.78 is 31.8. The first-order valence-corrected chi connectivity index (χ1v) is 12.8. The van der Waals surface area contributed by atoms with E-state index in [0.29, 0.717) is 22.8 Å². The Bertz CT molecular complexity index is 1100. The lowest BCUT2D eigenvalue weighted by molar-refractivity contribution is -0.154. The molecule has 1 atom stereocenters. The molecule has 0 bridgehead atoms. The molecule has 2 aromatic rings. The number of hydrogen-bond donors (Lipinski definition) is 4. The molecule has 0 aliphatic heterocycles. The van der Waals surface area contributed by atoms with Crippen molar-refractivity contribution < 1.29 is 32.4 Å². The zero-order valence-electron chi connectivity index (χ0n) is 19.8. The van der Waals surface area contributed by atoms with Gasteiger partial charge in [-0.3, -0.25) is 19.6 Å². The third-order valence-electron chi connectivity index (χ3n) is 5.34. The molecule has 0 aliphatic carbocycles. The highest BCUT2D eigenvalue weighted by Gasteiger charge is 2.21. The Hall–Kier alpha value is -3.22. The van der Waals surface area contributed by atoms with E-state index >= 15 is 0 Å².